The van der Waals surface area contributed by atoms with Gasteiger partial charge in [-0.2, -0.15) is 0 Å². The fourth-order valence-electron chi connectivity index (χ4n) is 2.66. The summed E-state index contributed by atoms with van der Waals surface area (Å²) in [5.74, 6) is 0.956. The number of carbonyl (C=O) groups excluding carboxylic acids is 1. The number of amides is 1. The van der Waals surface area contributed by atoms with Gasteiger partial charge in [0, 0.05) is 13.1 Å². The Hall–Kier alpha value is -2.13. The molecule has 1 aliphatic carbocycles. The average molecular weight is 308 g/mol. The highest BCUT2D eigenvalue weighted by atomic mass is 16.2. The molecule has 2 aromatic carbocycles. The van der Waals surface area contributed by atoms with E-state index >= 15 is 0 Å². The van der Waals surface area contributed by atoms with E-state index in [1.807, 2.05) is 41.3 Å². The summed E-state index contributed by atoms with van der Waals surface area (Å²) in [6.07, 6.45) is 2.61. The molecule has 0 radical (unpaired) electrons. The standard InChI is InChI=1S/C20H24N2O/c23-20(14-21-13-17-11-12-17)22(15-18-7-3-1-4-8-18)16-19-9-5-2-6-10-19/h1-10,17,21H,11-16H2. The average Bonchev–Trinajstić information content (AvgIpc) is 3.40. The van der Waals surface area contributed by atoms with Gasteiger partial charge in [-0.25, -0.2) is 0 Å². The molecule has 1 saturated carbocycles. The molecule has 1 N–H and O–H groups in total. The van der Waals surface area contributed by atoms with Gasteiger partial charge in [0.2, 0.25) is 5.91 Å². The molecule has 3 rings (SSSR count). The SMILES string of the molecule is O=C(CNCC1CC1)N(Cc1ccccc1)Cc1ccccc1. The Morgan fingerprint density at radius 1 is 0.913 bits per heavy atom. The molecule has 1 amide bonds. The topological polar surface area (TPSA) is 32.3 Å². The first-order chi connectivity index (χ1) is 11.3. The number of hydrogen-bond acceptors (Lipinski definition) is 2. The molecule has 120 valence electrons. The van der Waals surface area contributed by atoms with E-state index in [1.54, 1.807) is 0 Å². The Morgan fingerprint density at radius 2 is 1.43 bits per heavy atom. The van der Waals surface area contributed by atoms with Crippen molar-refractivity contribution >= 4 is 5.91 Å². The van der Waals surface area contributed by atoms with Gasteiger partial charge in [0.15, 0.2) is 0 Å². The van der Waals surface area contributed by atoms with Crippen LogP contribution in [0.2, 0.25) is 0 Å². The van der Waals surface area contributed by atoms with E-state index in [0.29, 0.717) is 19.6 Å². The minimum atomic E-state index is 0.165. The molecule has 0 spiro atoms. The van der Waals surface area contributed by atoms with Gasteiger partial charge in [-0.3, -0.25) is 4.79 Å². The molecule has 0 bridgehead atoms. The number of nitrogens with one attached hydrogen (secondary N) is 1. The molecule has 0 saturated heterocycles. The van der Waals surface area contributed by atoms with Crippen molar-refractivity contribution in [1.82, 2.24) is 10.2 Å². The molecule has 2 aromatic rings. The third-order valence-corrected chi connectivity index (χ3v) is 4.19. The Morgan fingerprint density at radius 3 is 1.91 bits per heavy atom. The second-order valence-electron chi connectivity index (χ2n) is 6.30. The first-order valence-electron chi connectivity index (χ1n) is 8.37. The number of benzene rings is 2. The van der Waals surface area contributed by atoms with Crippen LogP contribution in [0, 0.1) is 5.92 Å². The fraction of sp³-hybridized carbons (Fsp3) is 0.350. The van der Waals surface area contributed by atoms with Crippen LogP contribution >= 0.6 is 0 Å². The first-order valence-corrected chi connectivity index (χ1v) is 8.37. The van der Waals surface area contributed by atoms with Gasteiger partial charge in [0.25, 0.3) is 0 Å². The van der Waals surface area contributed by atoms with Crippen molar-refractivity contribution in [2.75, 3.05) is 13.1 Å². The van der Waals surface area contributed by atoms with E-state index in [9.17, 15) is 4.79 Å². The van der Waals surface area contributed by atoms with Crippen molar-refractivity contribution in [3.8, 4) is 0 Å². The third-order valence-electron chi connectivity index (χ3n) is 4.19. The minimum Gasteiger partial charge on any atom is -0.333 e. The molecule has 1 fully saturated rings. The lowest BCUT2D eigenvalue weighted by Gasteiger charge is -2.23. The maximum absolute atomic E-state index is 12.6. The van der Waals surface area contributed by atoms with Crippen molar-refractivity contribution in [2.45, 2.75) is 25.9 Å². The van der Waals surface area contributed by atoms with Crippen LogP contribution in [0.1, 0.15) is 24.0 Å². The van der Waals surface area contributed by atoms with Gasteiger partial charge in [-0.1, -0.05) is 60.7 Å². The lowest BCUT2D eigenvalue weighted by molar-refractivity contribution is -0.131. The maximum Gasteiger partial charge on any atom is 0.237 e. The highest BCUT2D eigenvalue weighted by Crippen LogP contribution is 2.27. The van der Waals surface area contributed by atoms with Crippen LogP contribution in [-0.2, 0) is 17.9 Å². The van der Waals surface area contributed by atoms with Crippen LogP contribution in [0.5, 0.6) is 0 Å². The number of carbonyl (C=O) groups is 1. The Bertz CT molecular complexity index is 567. The van der Waals surface area contributed by atoms with Crippen molar-refractivity contribution in [2.24, 2.45) is 5.92 Å². The fourth-order valence-corrected chi connectivity index (χ4v) is 2.66. The summed E-state index contributed by atoms with van der Waals surface area (Å²) in [4.78, 5) is 14.6. The smallest absolute Gasteiger partial charge is 0.237 e. The maximum atomic E-state index is 12.6. The molecule has 3 heteroatoms. The molecule has 23 heavy (non-hydrogen) atoms. The van der Waals surface area contributed by atoms with Crippen LogP contribution in [0.3, 0.4) is 0 Å². The van der Waals surface area contributed by atoms with Gasteiger partial charge >= 0.3 is 0 Å². The van der Waals surface area contributed by atoms with E-state index in [-0.39, 0.29) is 5.91 Å². The summed E-state index contributed by atoms with van der Waals surface area (Å²) < 4.78 is 0. The van der Waals surface area contributed by atoms with Crippen molar-refractivity contribution in [1.29, 1.82) is 0 Å². The Labute approximate surface area is 138 Å². The summed E-state index contributed by atoms with van der Waals surface area (Å²) >= 11 is 0. The molecule has 0 heterocycles. The molecular weight excluding hydrogens is 284 g/mol. The zero-order valence-corrected chi connectivity index (χ0v) is 13.4. The van der Waals surface area contributed by atoms with Crippen LogP contribution in [0.15, 0.2) is 60.7 Å². The Kier molecular flexibility index (Phi) is 5.43. The Balaban J connectivity index is 1.62. The van der Waals surface area contributed by atoms with Crippen LogP contribution < -0.4 is 5.32 Å². The predicted octanol–water partition coefficient (Wildman–Crippen LogP) is 3.22. The third kappa shape index (κ3) is 5.22. The molecule has 1 aliphatic rings. The van der Waals surface area contributed by atoms with Crippen molar-refractivity contribution in [3.05, 3.63) is 71.8 Å². The minimum absolute atomic E-state index is 0.165. The van der Waals surface area contributed by atoms with Gasteiger partial charge < -0.3 is 10.2 Å². The van der Waals surface area contributed by atoms with Crippen molar-refractivity contribution < 1.29 is 4.79 Å². The zero-order chi connectivity index (χ0) is 15.9. The molecule has 0 atom stereocenters. The summed E-state index contributed by atoms with van der Waals surface area (Å²) in [5.41, 5.74) is 2.33. The molecule has 0 unspecified atom stereocenters. The molecular formula is C20H24N2O. The quantitative estimate of drug-likeness (QED) is 0.812. The van der Waals surface area contributed by atoms with Crippen molar-refractivity contribution in [3.63, 3.8) is 0 Å². The van der Waals surface area contributed by atoms with Crippen LogP contribution in [0.4, 0.5) is 0 Å². The number of nitrogens with zero attached hydrogens (tertiary/aromatic N) is 1. The molecule has 0 aromatic heterocycles. The normalized spacial score (nSPS) is 13.7. The lowest BCUT2D eigenvalue weighted by Crippen LogP contribution is -2.38. The van der Waals surface area contributed by atoms with E-state index < -0.39 is 0 Å². The second kappa shape index (κ2) is 7.93. The summed E-state index contributed by atoms with van der Waals surface area (Å²) in [5, 5.41) is 3.31. The van der Waals surface area contributed by atoms with Gasteiger partial charge in [0.05, 0.1) is 6.54 Å². The lowest BCUT2D eigenvalue weighted by atomic mass is 10.1. The van der Waals surface area contributed by atoms with Gasteiger partial charge in [-0.15, -0.1) is 0 Å². The number of rotatable bonds is 8. The second-order valence-corrected chi connectivity index (χ2v) is 6.30. The van der Waals surface area contributed by atoms with E-state index in [1.165, 1.54) is 24.0 Å². The van der Waals surface area contributed by atoms with Crippen LogP contribution in [-0.4, -0.2) is 23.9 Å². The largest absolute Gasteiger partial charge is 0.333 e. The zero-order valence-electron chi connectivity index (χ0n) is 13.4. The molecule has 3 nitrogen and oxygen atoms in total. The summed E-state index contributed by atoms with van der Waals surface area (Å²) in [6, 6.07) is 20.4. The monoisotopic (exact) mass is 308 g/mol. The van der Waals surface area contributed by atoms with E-state index in [2.05, 4.69) is 29.6 Å². The van der Waals surface area contributed by atoms with Crippen LogP contribution in [0.25, 0.3) is 0 Å². The number of hydrogen-bond donors (Lipinski definition) is 1. The highest BCUT2D eigenvalue weighted by molar-refractivity contribution is 5.78. The van der Waals surface area contributed by atoms with Gasteiger partial charge in [0.1, 0.15) is 0 Å². The van der Waals surface area contributed by atoms with E-state index in [4.69, 9.17) is 0 Å². The summed E-state index contributed by atoms with van der Waals surface area (Å²) in [7, 11) is 0. The van der Waals surface area contributed by atoms with E-state index in [0.717, 1.165) is 12.5 Å². The molecule has 0 aliphatic heterocycles. The predicted molar refractivity (Wildman–Crippen MR) is 92.7 cm³/mol. The van der Waals surface area contributed by atoms with Gasteiger partial charge in [-0.05, 0) is 36.4 Å². The highest BCUT2D eigenvalue weighted by Gasteiger charge is 2.21. The first kappa shape index (κ1) is 15.8. The summed E-state index contributed by atoms with van der Waals surface area (Å²) in [6.45, 7) is 2.70.